The van der Waals surface area contributed by atoms with Crippen LogP contribution >= 0.6 is 44.1 Å². The number of carbonyl (C=O) groups excluding carboxylic acids is 1. The monoisotopic (exact) mass is 427 g/mol. The van der Waals surface area contributed by atoms with E-state index in [4.69, 9.17) is 12.2 Å². The quantitative estimate of drug-likeness (QED) is 0.708. The Labute approximate surface area is 144 Å². The van der Waals surface area contributed by atoms with E-state index in [9.17, 15) is 4.79 Å². The van der Waals surface area contributed by atoms with Crippen molar-refractivity contribution in [3.05, 3.63) is 56.6 Å². The molecule has 0 aliphatic rings. The van der Waals surface area contributed by atoms with Gasteiger partial charge in [-0.3, -0.25) is 10.1 Å². The summed E-state index contributed by atoms with van der Waals surface area (Å²) in [7, 11) is 0. The van der Waals surface area contributed by atoms with Gasteiger partial charge in [0.1, 0.15) is 5.82 Å². The Morgan fingerprint density at radius 3 is 2.52 bits per heavy atom. The first-order valence-corrected chi connectivity index (χ1v) is 7.95. The van der Waals surface area contributed by atoms with E-state index in [-0.39, 0.29) is 11.0 Å². The summed E-state index contributed by atoms with van der Waals surface area (Å²) in [4.78, 5) is 16.2. The number of halogens is 2. The number of anilines is 1. The minimum Gasteiger partial charge on any atom is -0.316 e. The second kappa shape index (κ2) is 7.11. The van der Waals surface area contributed by atoms with Crippen molar-refractivity contribution in [1.82, 2.24) is 10.3 Å². The van der Waals surface area contributed by atoms with Crippen LogP contribution in [0.4, 0.5) is 5.82 Å². The second-order valence-electron chi connectivity index (χ2n) is 4.26. The maximum atomic E-state index is 12.0. The number of amides is 1. The van der Waals surface area contributed by atoms with Gasteiger partial charge in [0.15, 0.2) is 5.11 Å². The van der Waals surface area contributed by atoms with Gasteiger partial charge < -0.3 is 5.32 Å². The lowest BCUT2D eigenvalue weighted by atomic mass is 10.1. The molecule has 0 fully saturated rings. The highest BCUT2D eigenvalue weighted by atomic mass is 79.9. The highest BCUT2D eigenvalue weighted by molar-refractivity contribution is 9.11. The summed E-state index contributed by atoms with van der Waals surface area (Å²) < 4.78 is 1.58. The third-order valence-electron chi connectivity index (χ3n) is 2.58. The van der Waals surface area contributed by atoms with Crippen LogP contribution in [0.3, 0.4) is 0 Å². The predicted molar refractivity (Wildman–Crippen MR) is 94.5 cm³/mol. The molecule has 0 saturated carbocycles. The van der Waals surface area contributed by atoms with Crippen LogP contribution in [0.2, 0.25) is 0 Å². The summed E-state index contributed by atoms with van der Waals surface area (Å²) in [5.74, 6) is 0.271. The highest BCUT2D eigenvalue weighted by Gasteiger charge is 2.09. The van der Waals surface area contributed by atoms with Crippen LogP contribution in [-0.4, -0.2) is 16.0 Å². The lowest BCUT2D eigenvalue weighted by Gasteiger charge is -2.10. The van der Waals surface area contributed by atoms with E-state index in [1.54, 1.807) is 18.3 Å². The number of hydrogen-bond acceptors (Lipinski definition) is 3. The lowest BCUT2D eigenvalue weighted by molar-refractivity contribution is 0.0978. The average Bonchev–Trinajstić information content (AvgIpc) is 2.42. The van der Waals surface area contributed by atoms with E-state index in [2.05, 4.69) is 47.5 Å². The van der Waals surface area contributed by atoms with Gasteiger partial charge >= 0.3 is 0 Å². The number of nitrogens with one attached hydrogen (secondary N) is 2. The zero-order chi connectivity index (χ0) is 15.4. The first-order valence-electron chi connectivity index (χ1n) is 5.96. The van der Waals surface area contributed by atoms with Gasteiger partial charge in [-0.15, -0.1) is 0 Å². The minimum atomic E-state index is -0.263. The average molecular weight is 429 g/mol. The Hall–Kier alpha value is -1.31. The molecular weight excluding hydrogens is 418 g/mol. The van der Waals surface area contributed by atoms with Gasteiger partial charge in [-0.1, -0.05) is 17.7 Å². The Bertz CT molecular complexity index is 689. The molecule has 0 aliphatic carbocycles. The van der Waals surface area contributed by atoms with Crippen LogP contribution in [0.5, 0.6) is 0 Å². The fourth-order valence-electron chi connectivity index (χ4n) is 1.53. The molecule has 4 nitrogen and oxygen atoms in total. The van der Waals surface area contributed by atoms with E-state index in [1.807, 2.05) is 25.1 Å². The van der Waals surface area contributed by atoms with Gasteiger partial charge in [0.05, 0.1) is 4.47 Å². The van der Waals surface area contributed by atoms with Gasteiger partial charge in [-0.05, 0) is 69.2 Å². The normalized spacial score (nSPS) is 10.0. The van der Waals surface area contributed by atoms with E-state index >= 15 is 0 Å². The van der Waals surface area contributed by atoms with E-state index in [0.717, 1.165) is 14.5 Å². The van der Waals surface area contributed by atoms with Crippen molar-refractivity contribution in [1.29, 1.82) is 0 Å². The van der Waals surface area contributed by atoms with Gasteiger partial charge in [-0.25, -0.2) is 4.98 Å². The molecular formula is C14H11Br2N3OS. The molecule has 21 heavy (non-hydrogen) atoms. The number of thiocarbonyl (C=S) groups is 1. The van der Waals surface area contributed by atoms with Crippen LogP contribution in [0.15, 0.2) is 45.5 Å². The van der Waals surface area contributed by atoms with Crippen molar-refractivity contribution in [2.45, 2.75) is 6.92 Å². The van der Waals surface area contributed by atoms with Crippen LogP contribution in [0.1, 0.15) is 15.9 Å². The fourth-order valence-corrected chi connectivity index (χ4v) is 2.80. The number of rotatable bonds is 2. The Morgan fingerprint density at radius 2 is 1.90 bits per heavy atom. The Kier molecular flexibility index (Phi) is 5.44. The summed E-state index contributed by atoms with van der Waals surface area (Å²) in [6.45, 7) is 1.96. The zero-order valence-electron chi connectivity index (χ0n) is 11.0. The fraction of sp³-hybridized carbons (Fsp3) is 0.0714. The third kappa shape index (κ3) is 4.59. The number of pyridine rings is 1. The molecule has 0 aliphatic heterocycles. The van der Waals surface area contributed by atoms with Crippen molar-refractivity contribution in [3.63, 3.8) is 0 Å². The topological polar surface area (TPSA) is 54.0 Å². The minimum absolute atomic E-state index is 0.191. The molecule has 0 unspecified atom stereocenters. The Balaban J connectivity index is 2.01. The third-order valence-corrected chi connectivity index (χ3v) is 3.82. The molecule has 108 valence electrons. The van der Waals surface area contributed by atoms with Crippen LogP contribution < -0.4 is 10.6 Å². The SMILES string of the molecule is Cc1ccc(C(=O)NC(=S)Nc2ncc(Br)cc2Br)cc1. The van der Waals surface area contributed by atoms with E-state index in [0.29, 0.717) is 11.4 Å². The van der Waals surface area contributed by atoms with E-state index in [1.165, 1.54) is 0 Å². The molecule has 7 heteroatoms. The largest absolute Gasteiger partial charge is 0.316 e. The molecule has 0 spiro atoms. The van der Waals surface area contributed by atoms with Crippen molar-refractivity contribution in [3.8, 4) is 0 Å². The van der Waals surface area contributed by atoms with E-state index < -0.39 is 0 Å². The van der Waals surface area contributed by atoms with Crippen molar-refractivity contribution < 1.29 is 4.79 Å². The molecule has 1 aromatic carbocycles. The number of nitrogens with zero attached hydrogens (tertiary/aromatic N) is 1. The maximum absolute atomic E-state index is 12.0. The molecule has 0 atom stereocenters. The number of aryl methyl sites for hydroxylation is 1. The van der Waals surface area contributed by atoms with Gasteiger partial charge in [0.2, 0.25) is 0 Å². The predicted octanol–water partition coefficient (Wildman–Crippen LogP) is 4.04. The summed E-state index contributed by atoms with van der Waals surface area (Å²) in [6.07, 6.45) is 1.64. The number of aromatic nitrogens is 1. The zero-order valence-corrected chi connectivity index (χ0v) is 15.0. The molecule has 2 aromatic rings. The standard InChI is InChI=1S/C14H11Br2N3OS/c1-8-2-4-9(5-3-8)13(20)19-14(21)18-12-11(16)6-10(15)7-17-12/h2-7H,1H3,(H2,17,18,19,20,21). The van der Waals surface area contributed by atoms with Crippen molar-refractivity contribution in [2.75, 3.05) is 5.32 Å². The summed E-state index contributed by atoms with van der Waals surface area (Å²) in [5.41, 5.74) is 1.64. The smallest absolute Gasteiger partial charge is 0.257 e. The summed E-state index contributed by atoms with van der Waals surface area (Å²) >= 11 is 11.8. The number of carbonyl (C=O) groups is 1. The summed E-state index contributed by atoms with van der Waals surface area (Å²) in [5, 5.41) is 5.68. The van der Waals surface area contributed by atoms with Crippen molar-refractivity contribution >= 4 is 60.9 Å². The molecule has 1 aromatic heterocycles. The first kappa shape index (κ1) is 16.1. The number of hydrogen-bond donors (Lipinski definition) is 2. The van der Waals surface area contributed by atoms with Crippen LogP contribution in [0, 0.1) is 6.92 Å². The van der Waals surface area contributed by atoms with Crippen LogP contribution in [-0.2, 0) is 0 Å². The van der Waals surface area contributed by atoms with Crippen molar-refractivity contribution in [2.24, 2.45) is 0 Å². The summed E-state index contributed by atoms with van der Waals surface area (Å²) in [6, 6.07) is 9.08. The van der Waals surface area contributed by atoms with Crippen LogP contribution in [0.25, 0.3) is 0 Å². The molecule has 0 radical (unpaired) electrons. The molecule has 1 heterocycles. The molecule has 0 saturated heterocycles. The lowest BCUT2D eigenvalue weighted by Crippen LogP contribution is -2.34. The maximum Gasteiger partial charge on any atom is 0.257 e. The first-order chi connectivity index (χ1) is 9.95. The Morgan fingerprint density at radius 1 is 1.24 bits per heavy atom. The molecule has 2 N–H and O–H groups in total. The highest BCUT2D eigenvalue weighted by Crippen LogP contribution is 2.23. The van der Waals surface area contributed by atoms with Gasteiger partial charge in [0.25, 0.3) is 5.91 Å². The molecule has 2 rings (SSSR count). The van der Waals surface area contributed by atoms with Gasteiger partial charge in [-0.2, -0.15) is 0 Å². The molecule has 0 bridgehead atoms. The van der Waals surface area contributed by atoms with Gasteiger partial charge in [0, 0.05) is 16.2 Å². The molecule has 1 amide bonds. The second-order valence-corrected chi connectivity index (χ2v) is 6.44. The number of benzene rings is 1.